The largest absolute Gasteiger partial charge is 0.382 e. The van der Waals surface area contributed by atoms with Crippen LogP contribution in [-0.4, -0.2) is 48.1 Å². The molecule has 0 spiro atoms. The third-order valence-corrected chi connectivity index (χ3v) is 4.36. The van der Waals surface area contributed by atoms with Crippen molar-refractivity contribution >= 4 is 0 Å². The Hall–Kier alpha value is -2.51. The van der Waals surface area contributed by atoms with Crippen LogP contribution in [0.3, 0.4) is 0 Å². The first kappa shape index (κ1) is 14.1. The molecule has 0 bridgehead atoms. The van der Waals surface area contributed by atoms with Gasteiger partial charge in [0.15, 0.2) is 0 Å². The highest BCUT2D eigenvalue weighted by Crippen LogP contribution is 2.30. The van der Waals surface area contributed by atoms with E-state index < -0.39 is 5.60 Å². The number of hydrogen-bond acceptors (Lipinski definition) is 5. The maximum absolute atomic E-state index is 10.7. The first-order valence-electron chi connectivity index (χ1n) is 7.61. The SMILES string of the molecule is OC1(c2cn[nH]n2)CCN(Cc2ccc(-n3ccnc3)cc2)C1. The Morgan fingerprint density at radius 1 is 1.26 bits per heavy atom. The molecule has 1 unspecified atom stereocenters. The van der Waals surface area contributed by atoms with E-state index in [1.54, 1.807) is 18.7 Å². The van der Waals surface area contributed by atoms with Crippen LogP contribution in [0.1, 0.15) is 17.7 Å². The number of hydrogen-bond donors (Lipinski definition) is 2. The molecular formula is C16H18N6O. The van der Waals surface area contributed by atoms with Crippen LogP contribution in [0.5, 0.6) is 0 Å². The number of imidazole rings is 1. The zero-order valence-electron chi connectivity index (χ0n) is 12.6. The molecule has 23 heavy (non-hydrogen) atoms. The van der Waals surface area contributed by atoms with E-state index in [4.69, 9.17) is 0 Å². The second-order valence-electron chi connectivity index (χ2n) is 5.98. The summed E-state index contributed by atoms with van der Waals surface area (Å²) < 4.78 is 1.98. The van der Waals surface area contributed by atoms with Crippen molar-refractivity contribution in [1.82, 2.24) is 29.9 Å². The summed E-state index contributed by atoms with van der Waals surface area (Å²) >= 11 is 0. The van der Waals surface area contributed by atoms with Gasteiger partial charge in [-0.25, -0.2) is 4.98 Å². The fourth-order valence-electron chi connectivity index (χ4n) is 3.08. The molecule has 3 heterocycles. The summed E-state index contributed by atoms with van der Waals surface area (Å²) in [5, 5.41) is 21.1. The lowest BCUT2D eigenvalue weighted by molar-refractivity contribution is 0.0409. The molecule has 2 N–H and O–H groups in total. The number of rotatable bonds is 4. The molecule has 1 atom stereocenters. The smallest absolute Gasteiger partial charge is 0.124 e. The van der Waals surface area contributed by atoms with Crippen LogP contribution in [-0.2, 0) is 12.1 Å². The molecule has 1 aliphatic rings. The number of benzene rings is 1. The Labute approximate surface area is 133 Å². The molecule has 2 aromatic heterocycles. The van der Waals surface area contributed by atoms with E-state index >= 15 is 0 Å². The minimum atomic E-state index is -0.899. The van der Waals surface area contributed by atoms with Gasteiger partial charge in [0.1, 0.15) is 11.3 Å². The van der Waals surface area contributed by atoms with Crippen molar-refractivity contribution in [2.45, 2.75) is 18.6 Å². The number of H-pyrrole nitrogens is 1. The third kappa shape index (κ3) is 2.76. The number of aromatic nitrogens is 5. The zero-order valence-corrected chi connectivity index (χ0v) is 12.6. The molecule has 0 saturated carbocycles. The minimum Gasteiger partial charge on any atom is -0.382 e. The van der Waals surface area contributed by atoms with Gasteiger partial charge in [-0.3, -0.25) is 4.90 Å². The van der Waals surface area contributed by atoms with Crippen molar-refractivity contribution in [3.8, 4) is 5.69 Å². The highest BCUT2D eigenvalue weighted by atomic mass is 16.3. The highest BCUT2D eigenvalue weighted by molar-refractivity contribution is 5.34. The molecule has 1 aromatic carbocycles. The summed E-state index contributed by atoms with van der Waals surface area (Å²) in [6.45, 7) is 2.22. The number of aromatic amines is 1. The van der Waals surface area contributed by atoms with Crippen molar-refractivity contribution < 1.29 is 5.11 Å². The monoisotopic (exact) mass is 310 g/mol. The van der Waals surface area contributed by atoms with Crippen LogP contribution in [0.15, 0.2) is 49.2 Å². The second-order valence-corrected chi connectivity index (χ2v) is 5.98. The van der Waals surface area contributed by atoms with Gasteiger partial charge in [-0.05, 0) is 24.1 Å². The van der Waals surface area contributed by atoms with Gasteiger partial charge >= 0.3 is 0 Å². The molecule has 1 aliphatic heterocycles. The molecule has 7 heteroatoms. The quantitative estimate of drug-likeness (QED) is 0.753. The number of β-amino-alcohol motifs (C(OH)–C–C–N with tert-alkyl or cyclic N) is 1. The maximum atomic E-state index is 10.7. The average Bonchev–Trinajstić information content (AvgIpc) is 3.30. The summed E-state index contributed by atoms with van der Waals surface area (Å²) in [4.78, 5) is 6.29. The Kier molecular flexibility index (Phi) is 3.44. The fraction of sp³-hybridized carbons (Fsp3) is 0.312. The van der Waals surface area contributed by atoms with E-state index in [1.807, 2.05) is 10.8 Å². The van der Waals surface area contributed by atoms with E-state index in [2.05, 4.69) is 49.6 Å². The van der Waals surface area contributed by atoms with Crippen LogP contribution >= 0.6 is 0 Å². The maximum Gasteiger partial charge on any atom is 0.124 e. The fourth-order valence-corrected chi connectivity index (χ4v) is 3.08. The van der Waals surface area contributed by atoms with Gasteiger partial charge in [-0.15, -0.1) is 0 Å². The van der Waals surface area contributed by atoms with E-state index in [-0.39, 0.29) is 0 Å². The molecule has 1 fully saturated rings. The van der Waals surface area contributed by atoms with E-state index in [9.17, 15) is 5.11 Å². The number of nitrogens with one attached hydrogen (secondary N) is 1. The highest BCUT2D eigenvalue weighted by Gasteiger charge is 2.39. The lowest BCUT2D eigenvalue weighted by Gasteiger charge is -2.21. The molecule has 4 rings (SSSR count). The van der Waals surface area contributed by atoms with Crippen LogP contribution in [0.25, 0.3) is 5.69 Å². The number of nitrogens with zero attached hydrogens (tertiary/aromatic N) is 5. The summed E-state index contributed by atoms with van der Waals surface area (Å²) in [7, 11) is 0. The summed E-state index contributed by atoms with van der Waals surface area (Å²) in [6.07, 6.45) is 7.75. The molecular weight excluding hydrogens is 292 g/mol. The molecule has 1 saturated heterocycles. The second kappa shape index (κ2) is 5.60. The van der Waals surface area contributed by atoms with Crippen molar-refractivity contribution in [2.24, 2.45) is 0 Å². The topological polar surface area (TPSA) is 82.9 Å². The molecule has 0 amide bonds. The predicted octanol–water partition coefficient (Wildman–Crippen LogP) is 1.08. The number of likely N-dealkylation sites (tertiary alicyclic amines) is 1. The van der Waals surface area contributed by atoms with E-state index in [0.29, 0.717) is 18.7 Å². The average molecular weight is 310 g/mol. The first-order valence-corrected chi connectivity index (χ1v) is 7.61. The van der Waals surface area contributed by atoms with Crippen molar-refractivity contribution in [2.75, 3.05) is 13.1 Å². The number of aliphatic hydroxyl groups is 1. The Morgan fingerprint density at radius 3 is 2.83 bits per heavy atom. The summed E-state index contributed by atoms with van der Waals surface area (Å²) in [6, 6.07) is 8.39. The van der Waals surface area contributed by atoms with Crippen molar-refractivity contribution in [3.05, 3.63) is 60.4 Å². The molecule has 0 radical (unpaired) electrons. The van der Waals surface area contributed by atoms with Crippen LogP contribution in [0, 0.1) is 0 Å². The van der Waals surface area contributed by atoms with Crippen molar-refractivity contribution in [1.29, 1.82) is 0 Å². The Balaban J connectivity index is 1.43. The summed E-state index contributed by atoms with van der Waals surface area (Å²) in [5.74, 6) is 0. The Bertz CT molecular complexity index is 752. The van der Waals surface area contributed by atoms with Crippen LogP contribution in [0.4, 0.5) is 0 Å². The predicted molar refractivity (Wildman–Crippen MR) is 83.7 cm³/mol. The molecule has 3 aromatic rings. The molecule has 7 nitrogen and oxygen atoms in total. The zero-order chi connectivity index (χ0) is 15.7. The van der Waals surface area contributed by atoms with Gasteiger partial charge in [-0.2, -0.15) is 15.4 Å². The minimum absolute atomic E-state index is 0.572. The first-order chi connectivity index (χ1) is 11.2. The van der Waals surface area contributed by atoms with E-state index in [0.717, 1.165) is 18.8 Å². The third-order valence-electron chi connectivity index (χ3n) is 4.36. The molecule has 0 aliphatic carbocycles. The van der Waals surface area contributed by atoms with Crippen LogP contribution < -0.4 is 0 Å². The molecule has 118 valence electrons. The van der Waals surface area contributed by atoms with Gasteiger partial charge in [0, 0.05) is 37.7 Å². The van der Waals surface area contributed by atoms with Crippen LogP contribution in [0.2, 0.25) is 0 Å². The lowest BCUT2D eigenvalue weighted by atomic mass is 10.00. The lowest BCUT2D eigenvalue weighted by Crippen LogP contribution is -2.31. The van der Waals surface area contributed by atoms with Gasteiger partial charge in [0.05, 0.1) is 12.5 Å². The van der Waals surface area contributed by atoms with Gasteiger partial charge in [0.2, 0.25) is 0 Å². The van der Waals surface area contributed by atoms with Gasteiger partial charge in [-0.1, -0.05) is 12.1 Å². The van der Waals surface area contributed by atoms with Gasteiger partial charge < -0.3 is 9.67 Å². The van der Waals surface area contributed by atoms with E-state index in [1.165, 1.54) is 5.56 Å². The van der Waals surface area contributed by atoms with Crippen molar-refractivity contribution in [3.63, 3.8) is 0 Å². The van der Waals surface area contributed by atoms with Gasteiger partial charge in [0.25, 0.3) is 0 Å². The summed E-state index contributed by atoms with van der Waals surface area (Å²) in [5.41, 5.74) is 2.03. The standard InChI is InChI=1S/C16H18N6O/c23-16(15-9-18-20-19-15)5-7-21(11-16)10-13-1-3-14(4-2-13)22-8-6-17-12-22/h1-4,6,8-9,12,23H,5,7,10-11H2,(H,18,19,20). The normalized spacial score (nSPS) is 21.8. The Morgan fingerprint density at radius 2 is 2.13 bits per heavy atom.